The zero-order valence-electron chi connectivity index (χ0n) is 13.9. The van der Waals surface area contributed by atoms with Gasteiger partial charge in [0.2, 0.25) is 5.16 Å². The van der Waals surface area contributed by atoms with Crippen molar-refractivity contribution in [2.45, 2.75) is 75.9 Å². The molecule has 0 spiro atoms. The number of hydrogen-bond acceptors (Lipinski definition) is 4. The molecule has 0 aromatic carbocycles. The Balaban J connectivity index is 1.67. The first-order valence-electron chi connectivity index (χ1n) is 8.36. The molecule has 3 rings (SSSR count). The first-order chi connectivity index (χ1) is 10.5. The molecule has 2 saturated carbocycles. The summed E-state index contributed by atoms with van der Waals surface area (Å²) in [4.78, 5) is 18.8. The molecule has 6 heteroatoms. The quantitative estimate of drug-likeness (QED) is 0.849. The van der Waals surface area contributed by atoms with Crippen molar-refractivity contribution in [1.29, 1.82) is 0 Å². The number of fused-ring (bicyclic) bond motifs is 2. The van der Waals surface area contributed by atoms with Crippen molar-refractivity contribution in [2.75, 3.05) is 0 Å². The number of aromatic nitrogens is 3. The molecule has 2 aliphatic carbocycles. The van der Waals surface area contributed by atoms with Crippen LogP contribution in [0.25, 0.3) is 0 Å². The van der Waals surface area contributed by atoms with Crippen molar-refractivity contribution in [3.8, 4) is 0 Å². The Morgan fingerprint density at radius 3 is 2.55 bits per heavy atom. The van der Waals surface area contributed by atoms with E-state index < -0.39 is 0 Å². The van der Waals surface area contributed by atoms with Gasteiger partial charge in [0.1, 0.15) is 6.33 Å². The zero-order valence-corrected chi connectivity index (χ0v) is 14.7. The maximum absolute atomic E-state index is 12.6. The third kappa shape index (κ3) is 3.03. The predicted molar refractivity (Wildman–Crippen MR) is 88.0 cm³/mol. The average molecular weight is 322 g/mol. The summed E-state index contributed by atoms with van der Waals surface area (Å²) in [5, 5.41) is 5.82. The molecule has 0 saturated heterocycles. The highest BCUT2D eigenvalue weighted by Gasteiger charge is 2.40. The van der Waals surface area contributed by atoms with E-state index in [1.165, 1.54) is 30.4 Å². The fraction of sp³-hybridized carbons (Fsp3) is 0.812. The van der Waals surface area contributed by atoms with Gasteiger partial charge in [-0.2, -0.15) is 4.68 Å². The van der Waals surface area contributed by atoms with E-state index in [9.17, 15) is 4.79 Å². The summed E-state index contributed by atoms with van der Waals surface area (Å²) in [6.45, 7) is 8.11. The lowest BCUT2D eigenvalue weighted by Gasteiger charge is -2.29. The normalized spacial score (nSPS) is 27.1. The van der Waals surface area contributed by atoms with Crippen LogP contribution in [-0.2, 0) is 0 Å². The lowest BCUT2D eigenvalue weighted by molar-refractivity contribution is 0.163. The molecule has 1 aromatic heterocycles. The van der Waals surface area contributed by atoms with E-state index >= 15 is 0 Å². The number of nitrogens with zero attached hydrogens (tertiary/aromatic N) is 4. The standard InChI is InChI=1S/C16H26N4OS/c1-10(2)20(11(3)4)16(21)19-9-17-15(18-19)22-14-8-12-5-6-13(14)7-12/h9-14H,5-8H2,1-4H3/t12-,13-,14-/m1/s1. The van der Waals surface area contributed by atoms with Gasteiger partial charge in [-0.15, -0.1) is 5.10 Å². The number of hydrogen-bond donors (Lipinski definition) is 0. The van der Waals surface area contributed by atoms with Crippen molar-refractivity contribution in [2.24, 2.45) is 11.8 Å². The van der Waals surface area contributed by atoms with Crippen molar-refractivity contribution < 1.29 is 4.79 Å². The van der Waals surface area contributed by atoms with Crippen molar-refractivity contribution in [3.63, 3.8) is 0 Å². The van der Waals surface area contributed by atoms with Crippen LogP contribution in [0.1, 0.15) is 53.4 Å². The predicted octanol–water partition coefficient (Wildman–Crippen LogP) is 3.65. The van der Waals surface area contributed by atoms with Crippen molar-refractivity contribution >= 4 is 17.8 Å². The van der Waals surface area contributed by atoms with Crippen LogP contribution in [0.2, 0.25) is 0 Å². The molecule has 0 unspecified atom stereocenters. The van der Waals surface area contributed by atoms with E-state index in [-0.39, 0.29) is 18.1 Å². The maximum Gasteiger partial charge on any atom is 0.346 e. The molecule has 1 amide bonds. The number of amides is 1. The molecule has 1 aromatic rings. The number of carbonyl (C=O) groups excluding carboxylic acids is 1. The van der Waals surface area contributed by atoms with Crippen LogP contribution in [0.4, 0.5) is 4.79 Å². The van der Waals surface area contributed by atoms with E-state index in [0.29, 0.717) is 5.25 Å². The monoisotopic (exact) mass is 322 g/mol. The molecule has 2 aliphatic rings. The van der Waals surface area contributed by atoms with Crippen LogP contribution in [0.3, 0.4) is 0 Å². The molecular weight excluding hydrogens is 296 g/mol. The molecule has 3 atom stereocenters. The first-order valence-corrected chi connectivity index (χ1v) is 9.24. The third-order valence-electron chi connectivity index (χ3n) is 4.93. The number of carbonyl (C=O) groups is 1. The van der Waals surface area contributed by atoms with Gasteiger partial charge in [-0.05, 0) is 58.8 Å². The minimum Gasteiger partial charge on any atom is -0.318 e. The van der Waals surface area contributed by atoms with Crippen molar-refractivity contribution in [3.05, 3.63) is 6.33 Å². The van der Waals surface area contributed by atoms with Gasteiger partial charge in [0.15, 0.2) is 0 Å². The Bertz CT molecular complexity index is 534. The van der Waals surface area contributed by atoms with Crippen LogP contribution in [0.5, 0.6) is 0 Å². The van der Waals surface area contributed by atoms with E-state index in [0.717, 1.165) is 17.0 Å². The third-order valence-corrected chi connectivity index (χ3v) is 6.21. The molecule has 1 heterocycles. The average Bonchev–Trinajstić information content (AvgIpc) is 3.13. The van der Waals surface area contributed by atoms with Gasteiger partial charge in [-0.3, -0.25) is 0 Å². The highest BCUT2D eigenvalue weighted by atomic mass is 32.2. The van der Waals surface area contributed by atoms with Crippen LogP contribution >= 0.6 is 11.8 Å². The Morgan fingerprint density at radius 1 is 1.27 bits per heavy atom. The molecule has 0 N–H and O–H groups in total. The smallest absolute Gasteiger partial charge is 0.318 e. The highest BCUT2D eigenvalue weighted by molar-refractivity contribution is 7.99. The summed E-state index contributed by atoms with van der Waals surface area (Å²) in [7, 11) is 0. The summed E-state index contributed by atoms with van der Waals surface area (Å²) in [6, 6.07) is 0.217. The number of thioether (sulfide) groups is 1. The summed E-state index contributed by atoms with van der Waals surface area (Å²) in [6.07, 6.45) is 7.00. The van der Waals surface area contributed by atoms with Crippen LogP contribution in [-0.4, -0.2) is 43.0 Å². The fourth-order valence-electron chi connectivity index (χ4n) is 4.02. The van der Waals surface area contributed by atoms with E-state index in [1.807, 2.05) is 32.6 Å². The Labute approximate surface area is 136 Å². The van der Waals surface area contributed by atoms with Gasteiger partial charge < -0.3 is 4.90 Å². The second-order valence-electron chi connectivity index (χ2n) is 7.18. The van der Waals surface area contributed by atoms with Gasteiger partial charge in [-0.25, -0.2) is 9.78 Å². The fourth-order valence-corrected chi connectivity index (χ4v) is 5.34. The van der Waals surface area contributed by atoms with E-state index in [4.69, 9.17) is 0 Å². The topological polar surface area (TPSA) is 51.0 Å². The lowest BCUT2D eigenvalue weighted by Crippen LogP contribution is -2.44. The molecule has 0 aliphatic heterocycles. The lowest BCUT2D eigenvalue weighted by atomic mass is 10.0. The molecular formula is C16H26N4OS. The van der Waals surface area contributed by atoms with Gasteiger partial charge in [0, 0.05) is 17.3 Å². The van der Waals surface area contributed by atoms with Gasteiger partial charge in [-0.1, -0.05) is 18.2 Å². The second kappa shape index (κ2) is 6.22. The first kappa shape index (κ1) is 15.8. The van der Waals surface area contributed by atoms with E-state index in [1.54, 1.807) is 18.1 Å². The summed E-state index contributed by atoms with van der Waals surface area (Å²) >= 11 is 1.77. The van der Waals surface area contributed by atoms with Gasteiger partial charge >= 0.3 is 6.03 Å². The minimum absolute atomic E-state index is 0.0858. The Morgan fingerprint density at radius 2 is 2.00 bits per heavy atom. The van der Waals surface area contributed by atoms with Crippen LogP contribution < -0.4 is 0 Å². The molecule has 2 bridgehead atoms. The second-order valence-corrected chi connectivity index (χ2v) is 8.39. The molecule has 0 radical (unpaired) electrons. The summed E-state index contributed by atoms with van der Waals surface area (Å²) < 4.78 is 1.40. The maximum atomic E-state index is 12.6. The van der Waals surface area contributed by atoms with E-state index in [2.05, 4.69) is 10.1 Å². The molecule has 22 heavy (non-hydrogen) atoms. The summed E-state index contributed by atoms with van der Waals surface area (Å²) in [5.74, 6) is 1.75. The van der Waals surface area contributed by atoms with Crippen LogP contribution in [0.15, 0.2) is 11.5 Å². The number of rotatable bonds is 4. The largest absolute Gasteiger partial charge is 0.346 e. The van der Waals surface area contributed by atoms with Gasteiger partial charge in [0.05, 0.1) is 0 Å². The Kier molecular flexibility index (Phi) is 4.48. The molecule has 2 fully saturated rings. The molecule has 5 nitrogen and oxygen atoms in total. The Hall–Kier alpha value is -1.04. The van der Waals surface area contributed by atoms with Crippen LogP contribution in [0, 0.1) is 11.8 Å². The highest BCUT2D eigenvalue weighted by Crippen LogP contribution is 2.50. The van der Waals surface area contributed by atoms with Gasteiger partial charge in [0.25, 0.3) is 0 Å². The van der Waals surface area contributed by atoms with Crippen molar-refractivity contribution in [1.82, 2.24) is 19.7 Å². The molecule has 122 valence electrons. The zero-order chi connectivity index (χ0) is 15.9. The summed E-state index contributed by atoms with van der Waals surface area (Å²) in [5.41, 5.74) is 0. The minimum atomic E-state index is -0.0858. The SMILES string of the molecule is CC(C)N(C(=O)n1cnc(S[C@@H]2C[C@@H]3CC[C@@H]2C3)n1)C(C)C.